The Balaban J connectivity index is 1.50. The first kappa shape index (κ1) is 42.1. The highest BCUT2D eigenvalue weighted by Crippen LogP contribution is 2.50. The fourth-order valence-electron chi connectivity index (χ4n) is 8.86. The molecule has 59 heavy (non-hydrogen) atoms. The molecule has 0 saturated carbocycles. The molecule has 0 heterocycles. The first-order valence-electron chi connectivity index (χ1n) is 21.8. The van der Waals surface area contributed by atoms with Gasteiger partial charge in [0.25, 0.3) is 0 Å². The second-order valence-electron chi connectivity index (χ2n) is 21.6. The van der Waals surface area contributed by atoms with Crippen molar-refractivity contribution in [3.8, 4) is 11.1 Å². The van der Waals surface area contributed by atoms with Crippen molar-refractivity contribution in [3.63, 3.8) is 0 Å². The largest absolute Gasteiger partial charge is 0.310 e. The van der Waals surface area contributed by atoms with E-state index in [-0.39, 0.29) is 27.1 Å². The van der Waals surface area contributed by atoms with Crippen LogP contribution in [0.1, 0.15) is 136 Å². The molecule has 0 aliphatic heterocycles. The SMILES string of the molecule is Cc1cc(N(c2ccc(C(C)(C)C)cc2)c2ccc(C(C)(C)C)cc2)cc(N(c2ccc3c(c2)C(C)(C)CCC3(C)C)c2ccc(C(C)(C)C)cc2-c2ccccc2)c1. The van der Waals surface area contributed by atoms with Gasteiger partial charge in [0, 0.05) is 34.0 Å². The quantitative estimate of drug-likeness (QED) is 0.159. The van der Waals surface area contributed by atoms with Crippen LogP contribution >= 0.6 is 0 Å². The van der Waals surface area contributed by atoms with Gasteiger partial charge in [0.1, 0.15) is 0 Å². The van der Waals surface area contributed by atoms with E-state index in [1.165, 1.54) is 62.3 Å². The lowest BCUT2D eigenvalue weighted by atomic mass is 9.63. The predicted molar refractivity (Wildman–Crippen MR) is 257 cm³/mol. The number of anilines is 6. The maximum absolute atomic E-state index is 2.53. The van der Waals surface area contributed by atoms with Gasteiger partial charge < -0.3 is 9.80 Å². The zero-order chi connectivity index (χ0) is 42.7. The number of nitrogens with zero attached hydrogens (tertiary/aromatic N) is 2. The van der Waals surface area contributed by atoms with E-state index in [0.717, 1.165) is 29.2 Å². The second-order valence-corrected chi connectivity index (χ2v) is 21.6. The van der Waals surface area contributed by atoms with Crippen LogP contribution < -0.4 is 9.80 Å². The number of hydrogen-bond acceptors (Lipinski definition) is 2. The first-order valence-corrected chi connectivity index (χ1v) is 21.8. The monoisotopic (exact) mass is 781 g/mol. The Labute approximate surface area is 357 Å². The van der Waals surface area contributed by atoms with Gasteiger partial charge in [-0.25, -0.2) is 0 Å². The Morgan fingerprint density at radius 1 is 0.407 bits per heavy atom. The highest BCUT2D eigenvalue weighted by molar-refractivity contribution is 5.91. The van der Waals surface area contributed by atoms with E-state index < -0.39 is 0 Å². The molecule has 0 N–H and O–H groups in total. The highest BCUT2D eigenvalue weighted by Gasteiger charge is 2.38. The van der Waals surface area contributed by atoms with Crippen LogP contribution in [0.5, 0.6) is 0 Å². The van der Waals surface area contributed by atoms with Crippen LogP contribution in [0.2, 0.25) is 0 Å². The molecule has 2 heteroatoms. The molecule has 0 spiro atoms. The van der Waals surface area contributed by atoms with Crippen LogP contribution in [-0.4, -0.2) is 0 Å². The summed E-state index contributed by atoms with van der Waals surface area (Å²) in [6.07, 6.45) is 2.35. The summed E-state index contributed by atoms with van der Waals surface area (Å²) in [5.41, 5.74) is 17.8. The van der Waals surface area contributed by atoms with Crippen molar-refractivity contribution in [2.75, 3.05) is 9.80 Å². The standard InChI is InChI=1S/C57H68N2/c1-39-34-47(58(44-25-20-41(21-26-44)53(2,3)4)45-27-22-42(23-28-45)54(5,6)7)37-48(35-39)59(46-29-30-50-51(38-46)57(13,14)33-32-56(50,11)12)52-31-24-43(55(8,9)10)36-49(52)40-18-16-15-17-19-40/h15-31,34-38H,32-33H2,1-14H3. The summed E-state index contributed by atoms with van der Waals surface area (Å²) in [7, 11) is 0. The molecule has 1 aliphatic carbocycles. The van der Waals surface area contributed by atoms with Crippen LogP contribution in [-0.2, 0) is 27.1 Å². The second kappa shape index (κ2) is 15.2. The summed E-state index contributed by atoms with van der Waals surface area (Å²) >= 11 is 0. The third kappa shape index (κ3) is 8.65. The summed E-state index contributed by atoms with van der Waals surface area (Å²) in [5, 5.41) is 0. The van der Waals surface area contributed by atoms with Gasteiger partial charge in [0.15, 0.2) is 0 Å². The highest BCUT2D eigenvalue weighted by atomic mass is 15.2. The molecule has 0 bridgehead atoms. The normalized spacial score (nSPS) is 15.1. The molecular formula is C57H68N2. The fraction of sp³-hybridized carbons (Fsp3) is 0.368. The zero-order valence-corrected chi connectivity index (χ0v) is 38.5. The van der Waals surface area contributed by atoms with Crippen molar-refractivity contribution in [2.24, 2.45) is 0 Å². The molecule has 0 saturated heterocycles. The van der Waals surface area contributed by atoms with Gasteiger partial charge in [-0.3, -0.25) is 0 Å². The van der Waals surface area contributed by atoms with Crippen molar-refractivity contribution >= 4 is 34.1 Å². The Morgan fingerprint density at radius 2 is 0.864 bits per heavy atom. The summed E-state index contributed by atoms with van der Waals surface area (Å²) in [4.78, 5) is 4.97. The summed E-state index contributed by atoms with van der Waals surface area (Å²) in [6, 6.07) is 50.9. The summed E-state index contributed by atoms with van der Waals surface area (Å²) in [5.74, 6) is 0. The first-order chi connectivity index (χ1) is 27.5. The molecule has 0 amide bonds. The maximum atomic E-state index is 2.53. The van der Waals surface area contributed by atoms with Gasteiger partial charge in [0.05, 0.1) is 5.69 Å². The Bertz CT molecular complexity index is 2370. The molecular weight excluding hydrogens is 713 g/mol. The van der Waals surface area contributed by atoms with Crippen LogP contribution in [0, 0.1) is 6.92 Å². The predicted octanol–water partition coefficient (Wildman–Crippen LogP) is 16.8. The van der Waals surface area contributed by atoms with E-state index in [9.17, 15) is 0 Å². The number of rotatable bonds is 7. The maximum Gasteiger partial charge on any atom is 0.0540 e. The van der Waals surface area contributed by atoms with E-state index in [2.05, 4.69) is 240 Å². The van der Waals surface area contributed by atoms with Gasteiger partial charge in [0.2, 0.25) is 0 Å². The lowest BCUT2D eigenvalue weighted by molar-refractivity contribution is 0.332. The molecule has 0 fully saturated rings. The Kier molecular flexibility index (Phi) is 10.8. The number of fused-ring (bicyclic) bond motifs is 1. The van der Waals surface area contributed by atoms with E-state index in [0.29, 0.717) is 0 Å². The summed E-state index contributed by atoms with van der Waals surface area (Å²) in [6.45, 7) is 32.6. The topological polar surface area (TPSA) is 6.48 Å². The van der Waals surface area contributed by atoms with Gasteiger partial charge in [-0.15, -0.1) is 0 Å². The van der Waals surface area contributed by atoms with Crippen molar-refractivity contribution in [1.82, 2.24) is 0 Å². The number of benzene rings is 6. The third-order valence-corrected chi connectivity index (χ3v) is 12.8. The number of hydrogen-bond donors (Lipinski definition) is 0. The molecule has 7 rings (SSSR count). The summed E-state index contributed by atoms with van der Waals surface area (Å²) < 4.78 is 0. The van der Waals surface area contributed by atoms with E-state index >= 15 is 0 Å². The lowest BCUT2D eigenvalue weighted by Gasteiger charge is -2.42. The Morgan fingerprint density at radius 3 is 1.37 bits per heavy atom. The molecule has 306 valence electrons. The van der Waals surface area contributed by atoms with Crippen LogP contribution in [0.25, 0.3) is 11.1 Å². The lowest BCUT2D eigenvalue weighted by Crippen LogP contribution is -2.34. The fourth-order valence-corrected chi connectivity index (χ4v) is 8.86. The zero-order valence-electron chi connectivity index (χ0n) is 38.5. The average Bonchev–Trinajstić information content (AvgIpc) is 3.16. The van der Waals surface area contributed by atoms with E-state index in [4.69, 9.17) is 0 Å². The van der Waals surface area contributed by atoms with Crippen molar-refractivity contribution in [1.29, 1.82) is 0 Å². The molecule has 0 unspecified atom stereocenters. The van der Waals surface area contributed by atoms with Crippen LogP contribution in [0.3, 0.4) is 0 Å². The minimum Gasteiger partial charge on any atom is -0.310 e. The smallest absolute Gasteiger partial charge is 0.0540 e. The van der Waals surface area contributed by atoms with Crippen LogP contribution in [0.4, 0.5) is 34.1 Å². The molecule has 1 aliphatic rings. The van der Waals surface area contributed by atoms with Crippen molar-refractivity contribution < 1.29 is 0 Å². The molecule has 2 nitrogen and oxygen atoms in total. The van der Waals surface area contributed by atoms with E-state index in [1.807, 2.05) is 0 Å². The van der Waals surface area contributed by atoms with Gasteiger partial charge in [-0.2, -0.15) is 0 Å². The molecule has 6 aromatic carbocycles. The van der Waals surface area contributed by atoms with Crippen LogP contribution in [0.15, 0.2) is 133 Å². The minimum atomic E-state index is -0.00357. The minimum absolute atomic E-state index is 0.00357. The molecule has 6 aromatic rings. The molecule has 0 aromatic heterocycles. The van der Waals surface area contributed by atoms with E-state index in [1.54, 1.807) is 0 Å². The number of aryl methyl sites for hydroxylation is 1. The molecule has 0 atom stereocenters. The Hall–Kier alpha value is -5.08. The third-order valence-electron chi connectivity index (χ3n) is 12.8. The van der Waals surface area contributed by atoms with Gasteiger partial charge >= 0.3 is 0 Å². The van der Waals surface area contributed by atoms with Gasteiger partial charge in [-0.1, -0.05) is 157 Å². The van der Waals surface area contributed by atoms with Gasteiger partial charge in [-0.05, 0) is 153 Å². The van der Waals surface area contributed by atoms with Crippen molar-refractivity contribution in [3.05, 3.63) is 167 Å². The van der Waals surface area contributed by atoms with Crippen molar-refractivity contribution in [2.45, 2.75) is 137 Å². The molecule has 0 radical (unpaired) electrons. The average molecular weight is 781 g/mol.